The van der Waals surface area contributed by atoms with Crippen molar-refractivity contribution in [3.05, 3.63) is 58.1 Å². The Morgan fingerprint density at radius 2 is 1.74 bits per heavy atom. The van der Waals surface area contributed by atoms with E-state index in [1.54, 1.807) is 0 Å². The van der Waals surface area contributed by atoms with Crippen molar-refractivity contribution in [3.63, 3.8) is 0 Å². The fraction of sp³-hybridized carbons (Fsp3) is 0.200. The molecule has 1 aliphatic rings. The van der Waals surface area contributed by atoms with Crippen molar-refractivity contribution in [2.75, 3.05) is 6.79 Å². The minimum atomic E-state index is 0.324. The van der Waals surface area contributed by atoms with E-state index in [9.17, 15) is 0 Å². The number of hydrogen-bond donors (Lipinski definition) is 1. The zero-order valence-electron chi connectivity index (χ0n) is 10.4. The number of halogens is 1. The highest BCUT2D eigenvalue weighted by Crippen LogP contribution is 2.32. The van der Waals surface area contributed by atoms with E-state index in [4.69, 9.17) is 9.47 Å². The maximum absolute atomic E-state index is 5.36. The van der Waals surface area contributed by atoms with E-state index in [0.29, 0.717) is 6.79 Å². The molecule has 1 aliphatic heterocycles. The lowest BCUT2D eigenvalue weighted by Crippen LogP contribution is -2.12. The normalized spacial score (nSPS) is 12.7. The van der Waals surface area contributed by atoms with Crippen LogP contribution < -0.4 is 14.8 Å². The lowest BCUT2D eigenvalue weighted by Gasteiger charge is -2.06. The van der Waals surface area contributed by atoms with E-state index in [-0.39, 0.29) is 0 Å². The summed E-state index contributed by atoms with van der Waals surface area (Å²) >= 11 is 3.47. The van der Waals surface area contributed by atoms with Crippen molar-refractivity contribution in [3.8, 4) is 11.5 Å². The second kappa shape index (κ2) is 5.63. The molecule has 0 aliphatic carbocycles. The van der Waals surface area contributed by atoms with Crippen molar-refractivity contribution in [1.82, 2.24) is 5.32 Å². The van der Waals surface area contributed by atoms with Crippen molar-refractivity contribution in [2.24, 2.45) is 0 Å². The largest absolute Gasteiger partial charge is 0.454 e. The first-order valence-electron chi connectivity index (χ1n) is 6.15. The first kappa shape index (κ1) is 12.5. The Hall–Kier alpha value is -1.52. The average Bonchev–Trinajstić information content (AvgIpc) is 2.86. The first-order chi connectivity index (χ1) is 9.31. The predicted molar refractivity (Wildman–Crippen MR) is 77.3 cm³/mol. The van der Waals surface area contributed by atoms with Gasteiger partial charge >= 0.3 is 0 Å². The van der Waals surface area contributed by atoms with Gasteiger partial charge in [0.15, 0.2) is 11.5 Å². The van der Waals surface area contributed by atoms with Crippen LogP contribution in [-0.4, -0.2) is 6.79 Å². The number of fused-ring (bicyclic) bond motifs is 1. The molecule has 1 N–H and O–H groups in total. The molecule has 3 rings (SSSR count). The number of nitrogens with one attached hydrogen (secondary N) is 1. The van der Waals surface area contributed by atoms with Gasteiger partial charge in [0, 0.05) is 17.6 Å². The molecule has 0 unspecified atom stereocenters. The van der Waals surface area contributed by atoms with Crippen molar-refractivity contribution >= 4 is 15.9 Å². The number of benzene rings is 2. The van der Waals surface area contributed by atoms with Crippen molar-refractivity contribution < 1.29 is 9.47 Å². The van der Waals surface area contributed by atoms with Gasteiger partial charge in [0.1, 0.15) is 0 Å². The molecule has 0 saturated heterocycles. The fourth-order valence-corrected chi connectivity index (χ4v) is 2.50. The van der Waals surface area contributed by atoms with Gasteiger partial charge in [-0.15, -0.1) is 0 Å². The van der Waals surface area contributed by atoms with Crippen molar-refractivity contribution in [2.45, 2.75) is 13.1 Å². The van der Waals surface area contributed by atoms with E-state index in [1.165, 1.54) is 11.1 Å². The highest BCUT2D eigenvalue weighted by Gasteiger charge is 2.12. The molecule has 0 fully saturated rings. The third-order valence-corrected chi connectivity index (χ3v) is 3.48. The molecular formula is C15H14BrNO2. The molecule has 0 amide bonds. The Balaban J connectivity index is 1.58. The van der Waals surface area contributed by atoms with Crippen LogP contribution in [0.15, 0.2) is 46.9 Å². The summed E-state index contributed by atoms with van der Waals surface area (Å²) in [6.45, 7) is 1.97. The van der Waals surface area contributed by atoms with E-state index in [1.807, 2.05) is 24.3 Å². The summed E-state index contributed by atoms with van der Waals surface area (Å²) in [5, 5.41) is 3.42. The Labute approximate surface area is 120 Å². The molecule has 19 heavy (non-hydrogen) atoms. The lowest BCUT2D eigenvalue weighted by atomic mass is 10.2. The van der Waals surface area contributed by atoms with Gasteiger partial charge in [-0.3, -0.25) is 0 Å². The Kier molecular flexibility index (Phi) is 3.71. The van der Waals surface area contributed by atoms with Gasteiger partial charge in [0.05, 0.1) is 0 Å². The van der Waals surface area contributed by atoms with Crippen LogP contribution in [0.2, 0.25) is 0 Å². The van der Waals surface area contributed by atoms with Crippen LogP contribution in [0, 0.1) is 0 Å². The molecule has 0 bridgehead atoms. The van der Waals surface area contributed by atoms with Gasteiger partial charge in [0.25, 0.3) is 0 Å². The van der Waals surface area contributed by atoms with Crippen LogP contribution in [0.5, 0.6) is 11.5 Å². The minimum absolute atomic E-state index is 0.324. The van der Waals surface area contributed by atoms with Crippen LogP contribution >= 0.6 is 15.9 Å². The molecule has 0 atom stereocenters. The van der Waals surface area contributed by atoms with Crippen LogP contribution in [0.1, 0.15) is 11.1 Å². The lowest BCUT2D eigenvalue weighted by molar-refractivity contribution is 0.174. The van der Waals surface area contributed by atoms with Crippen molar-refractivity contribution in [1.29, 1.82) is 0 Å². The average molecular weight is 320 g/mol. The third-order valence-electron chi connectivity index (χ3n) is 2.98. The van der Waals surface area contributed by atoms with Crippen LogP contribution in [0.25, 0.3) is 0 Å². The molecule has 0 aromatic heterocycles. The van der Waals surface area contributed by atoms with Crippen LogP contribution in [0.4, 0.5) is 0 Å². The molecule has 0 spiro atoms. The number of hydrogen-bond acceptors (Lipinski definition) is 3. The van der Waals surface area contributed by atoms with E-state index >= 15 is 0 Å². The first-order valence-corrected chi connectivity index (χ1v) is 6.94. The van der Waals surface area contributed by atoms with Gasteiger partial charge in [0.2, 0.25) is 6.79 Å². The summed E-state index contributed by atoms with van der Waals surface area (Å²) in [7, 11) is 0. The Morgan fingerprint density at radius 3 is 2.58 bits per heavy atom. The molecule has 1 heterocycles. The highest BCUT2D eigenvalue weighted by molar-refractivity contribution is 9.10. The zero-order valence-corrected chi connectivity index (χ0v) is 11.9. The second-order valence-electron chi connectivity index (χ2n) is 4.42. The Morgan fingerprint density at radius 1 is 0.947 bits per heavy atom. The maximum Gasteiger partial charge on any atom is 0.231 e. The van der Waals surface area contributed by atoms with Crippen LogP contribution in [-0.2, 0) is 13.1 Å². The monoisotopic (exact) mass is 319 g/mol. The fourth-order valence-electron chi connectivity index (χ4n) is 2.05. The quantitative estimate of drug-likeness (QED) is 0.936. The molecule has 2 aromatic rings. The van der Waals surface area contributed by atoms with E-state index < -0.39 is 0 Å². The molecular weight excluding hydrogens is 306 g/mol. The maximum atomic E-state index is 5.36. The summed E-state index contributed by atoms with van der Waals surface area (Å²) in [4.78, 5) is 0. The SMILES string of the molecule is Brc1cccc(CNCc2ccc3c(c2)OCO3)c1. The second-order valence-corrected chi connectivity index (χ2v) is 5.34. The number of ether oxygens (including phenoxy) is 2. The highest BCUT2D eigenvalue weighted by atomic mass is 79.9. The van der Waals surface area contributed by atoms with E-state index in [0.717, 1.165) is 29.1 Å². The summed E-state index contributed by atoms with van der Waals surface area (Å²) < 4.78 is 11.8. The topological polar surface area (TPSA) is 30.5 Å². The van der Waals surface area contributed by atoms with Gasteiger partial charge in [-0.2, -0.15) is 0 Å². The summed E-state index contributed by atoms with van der Waals surface area (Å²) in [5.74, 6) is 1.66. The molecule has 4 heteroatoms. The molecule has 0 radical (unpaired) electrons. The molecule has 3 nitrogen and oxygen atoms in total. The summed E-state index contributed by atoms with van der Waals surface area (Å²) in [6.07, 6.45) is 0. The Bertz CT molecular complexity index is 586. The molecule has 2 aromatic carbocycles. The predicted octanol–water partition coefficient (Wildman–Crippen LogP) is 3.47. The van der Waals surface area contributed by atoms with Gasteiger partial charge < -0.3 is 14.8 Å². The molecule has 0 saturated carbocycles. The third kappa shape index (κ3) is 3.08. The molecule has 98 valence electrons. The summed E-state index contributed by atoms with van der Waals surface area (Å²) in [6, 6.07) is 14.3. The standard InChI is InChI=1S/C15H14BrNO2/c16-13-3-1-2-11(6-13)8-17-9-12-4-5-14-15(7-12)19-10-18-14/h1-7,17H,8-10H2. The van der Waals surface area contributed by atoms with Gasteiger partial charge in [-0.1, -0.05) is 34.1 Å². The number of rotatable bonds is 4. The van der Waals surface area contributed by atoms with E-state index in [2.05, 4.69) is 39.4 Å². The van der Waals surface area contributed by atoms with Crippen LogP contribution in [0.3, 0.4) is 0 Å². The van der Waals surface area contributed by atoms with Gasteiger partial charge in [-0.25, -0.2) is 0 Å². The smallest absolute Gasteiger partial charge is 0.231 e. The van der Waals surface area contributed by atoms with Gasteiger partial charge in [-0.05, 0) is 35.4 Å². The minimum Gasteiger partial charge on any atom is -0.454 e. The summed E-state index contributed by atoms with van der Waals surface area (Å²) in [5.41, 5.74) is 2.45. The zero-order chi connectivity index (χ0) is 13.1.